The van der Waals surface area contributed by atoms with E-state index in [0.29, 0.717) is 0 Å². The quantitative estimate of drug-likeness (QED) is 0.830. The maximum Gasteiger partial charge on any atom is 0.239 e. The van der Waals surface area contributed by atoms with Gasteiger partial charge in [-0.15, -0.1) is 0 Å². The summed E-state index contributed by atoms with van der Waals surface area (Å²) in [6.45, 7) is 4.84. The fourth-order valence-electron chi connectivity index (χ4n) is 2.13. The first-order valence-corrected chi connectivity index (χ1v) is 6.42. The van der Waals surface area contributed by atoms with Gasteiger partial charge in [0.05, 0.1) is 6.61 Å². The van der Waals surface area contributed by atoms with Crippen molar-refractivity contribution in [1.29, 1.82) is 0 Å². The summed E-state index contributed by atoms with van der Waals surface area (Å²) in [4.78, 5) is 11.6. The van der Waals surface area contributed by atoms with Gasteiger partial charge in [-0.2, -0.15) is 0 Å². The number of amides is 1. The van der Waals surface area contributed by atoms with Crippen molar-refractivity contribution in [1.82, 2.24) is 5.32 Å². The van der Waals surface area contributed by atoms with Gasteiger partial charge in [0.1, 0.15) is 11.8 Å². The van der Waals surface area contributed by atoms with Gasteiger partial charge in [-0.1, -0.05) is 13.0 Å². The molecule has 1 aromatic rings. The molecule has 18 heavy (non-hydrogen) atoms. The molecular weight excluding hydrogens is 228 g/mol. The van der Waals surface area contributed by atoms with Crippen LogP contribution in [0.2, 0.25) is 0 Å². The molecule has 3 N–H and O–H groups in total. The van der Waals surface area contributed by atoms with E-state index < -0.39 is 6.04 Å². The van der Waals surface area contributed by atoms with E-state index in [0.717, 1.165) is 36.3 Å². The number of benzene rings is 1. The molecule has 4 heteroatoms. The number of carbonyl (C=O) groups excluding carboxylic acids is 1. The summed E-state index contributed by atoms with van der Waals surface area (Å²) in [5.74, 6) is 0.583. The summed E-state index contributed by atoms with van der Waals surface area (Å²) in [6.07, 6.45) is 1.86. The fourth-order valence-corrected chi connectivity index (χ4v) is 2.13. The van der Waals surface area contributed by atoms with Crippen LogP contribution in [0.25, 0.3) is 0 Å². The van der Waals surface area contributed by atoms with Crippen LogP contribution in [0, 0.1) is 0 Å². The van der Waals surface area contributed by atoms with Crippen LogP contribution in [0.1, 0.15) is 37.4 Å². The summed E-state index contributed by atoms with van der Waals surface area (Å²) >= 11 is 0. The van der Waals surface area contributed by atoms with E-state index in [-0.39, 0.29) is 11.9 Å². The van der Waals surface area contributed by atoms with E-state index in [1.54, 1.807) is 0 Å². The third-order valence-electron chi connectivity index (χ3n) is 3.39. The molecule has 0 fully saturated rings. The Balaban J connectivity index is 2.23. The molecule has 2 rings (SSSR count). The number of ether oxygens (including phenoxy) is 1. The summed E-state index contributed by atoms with van der Waals surface area (Å²) in [5.41, 5.74) is 7.56. The molecular formula is C14H20N2O2. The molecule has 0 saturated carbocycles. The molecule has 0 saturated heterocycles. The normalized spacial score (nSPS) is 16.8. The second-order valence-corrected chi connectivity index (χ2v) is 4.78. The minimum absolute atomic E-state index is 0.256. The topological polar surface area (TPSA) is 64.3 Å². The Bertz CT molecular complexity index is 445. The Kier molecular flexibility index (Phi) is 3.87. The summed E-state index contributed by atoms with van der Waals surface area (Å²) < 4.78 is 5.46. The van der Waals surface area contributed by atoms with Crippen molar-refractivity contribution in [3.8, 4) is 5.75 Å². The number of hydrogen-bond acceptors (Lipinski definition) is 3. The smallest absolute Gasteiger partial charge is 0.239 e. The number of fused-ring (bicyclic) bond motifs is 1. The van der Waals surface area contributed by atoms with E-state index in [4.69, 9.17) is 10.5 Å². The lowest BCUT2D eigenvalue weighted by Gasteiger charge is -2.20. The van der Waals surface area contributed by atoms with Crippen molar-refractivity contribution in [3.63, 3.8) is 0 Å². The van der Waals surface area contributed by atoms with Crippen LogP contribution in [0.15, 0.2) is 18.2 Å². The second kappa shape index (κ2) is 5.40. The molecule has 1 aliphatic heterocycles. The van der Waals surface area contributed by atoms with Crippen molar-refractivity contribution in [2.45, 2.75) is 38.8 Å². The lowest BCUT2D eigenvalue weighted by Crippen LogP contribution is -2.38. The lowest BCUT2D eigenvalue weighted by atomic mass is 10.0. The van der Waals surface area contributed by atoms with Gasteiger partial charge in [0.25, 0.3) is 0 Å². The first kappa shape index (κ1) is 12.9. The first-order chi connectivity index (χ1) is 8.61. The van der Waals surface area contributed by atoms with Crippen LogP contribution in [0.3, 0.4) is 0 Å². The van der Waals surface area contributed by atoms with Gasteiger partial charge in [-0.05, 0) is 36.6 Å². The van der Waals surface area contributed by atoms with E-state index in [9.17, 15) is 4.79 Å². The van der Waals surface area contributed by atoms with E-state index in [2.05, 4.69) is 12.2 Å². The fraction of sp³-hybridized carbons (Fsp3) is 0.500. The molecule has 0 radical (unpaired) electrons. The van der Waals surface area contributed by atoms with Crippen molar-refractivity contribution < 1.29 is 9.53 Å². The largest absolute Gasteiger partial charge is 0.493 e. The zero-order valence-corrected chi connectivity index (χ0v) is 10.9. The average molecular weight is 248 g/mol. The highest BCUT2D eigenvalue weighted by molar-refractivity contribution is 5.81. The minimum Gasteiger partial charge on any atom is -0.493 e. The van der Waals surface area contributed by atoms with Crippen LogP contribution in [-0.2, 0) is 11.2 Å². The number of primary amides is 1. The standard InChI is InChI=1S/C14H20N2O2/c1-3-9(2)16-13(14(15)17)11-4-5-12-10(8-11)6-7-18-12/h4-5,8-9,13,16H,3,6-7H2,1-2H3,(H2,15,17). The summed E-state index contributed by atoms with van der Waals surface area (Å²) in [6, 6.07) is 5.69. The number of carbonyl (C=O) groups is 1. The molecule has 1 amide bonds. The molecule has 2 unspecified atom stereocenters. The molecule has 0 spiro atoms. The molecule has 0 aliphatic carbocycles. The number of hydrogen-bond donors (Lipinski definition) is 2. The molecule has 98 valence electrons. The molecule has 0 bridgehead atoms. The van der Waals surface area contributed by atoms with Crippen molar-refractivity contribution in [3.05, 3.63) is 29.3 Å². The van der Waals surface area contributed by atoms with Crippen LogP contribution in [0.4, 0.5) is 0 Å². The molecule has 2 atom stereocenters. The van der Waals surface area contributed by atoms with Gasteiger partial charge >= 0.3 is 0 Å². The molecule has 1 heterocycles. The Morgan fingerprint density at radius 3 is 3.00 bits per heavy atom. The number of nitrogens with two attached hydrogens (primary N) is 1. The summed E-state index contributed by atoms with van der Waals surface area (Å²) in [5, 5.41) is 3.26. The molecule has 0 aromatic heterocycles. The predicted molar refractivity (Wildman–Crippen MR) is 70.5 cm³/mol. The van der Waals surface area contributed by atoms with Gasteiger partial charge in [0.2, 0.25) is 5.91 Å². The highest BCUT2D eigenvalue weighted by Gasteiger charge is 2.21. The molecule has 1 aliphatic rings. The Hall–Kier alpha value is -1.55. The van der Waals surface area contributed by atoms with Gasteiger partial charge in [-0.3, -0.25) is 10.1 Å². The minimum atomic E-state index is -0.425. The second-order valence-electron chi connectivity index (χ2n) is 4.78. The third-order valence-corrected chi connectivity index (χ3v) is 3.39. The maximum absolute atomic E-state index is 11.6. The monoisotopic (exact) mass is 248 g/mol. The Morgan fingerprint density at radius 1 is 1.56 bits per heavy atom. The summed E-state index contributed by atoms with van der Waals surface area (Å²) in [7, 11) is 0. The highest BCUT2D eigenvalue weighted by Crippen LogP contribution is 2.28. The molecule has 4 nitrogen and oxygen atoms in total. The highest BCUT2D eigenvalue weighted by atomic mass is 16.5. The van der Waals surface area contributed by atoms with Crippen molar-refractivity contribution >= 4 is 5.91 Å². The van der Waals surface area contributed by atoms with Crippen LogP contribution >= 0.6 is 0 Å². The third kappa shape index (κ3) is 2.64. The number of rotatable bonds is 5. The lowest BCUT2D eigenvalue weighted by molar-refractivity contribution is -0.120. The van der Waals surface area contributed by atoms with Gasteiger partial charge in [0, 0.05) is 12.5 Å². The van der Waals surface area contributed by atoms with Crippen molar-refractivity contribution in [2.24, 2.45) is 5.73 Å². The van der Waals surface area contributed by atoms with Crippen molar-refractivity contribution in [2.75, 3.05) is 6.61 Å². The van der Waals surface area contributed by atoms with E-state index >= 15 is 0 Å². The van der Waals surface area contributed by atoms with E-state index in [1.807, 2.05) is 25.1 Å². The van der Waals surface area contributed by atoms with Gasteiger partial charge < -0.3 is 10.5 Å². The molecule has 1 aromatic carbocycles. The van der Waals surface area contributed by atoms with E-state index in [1.165, 1.54) is 0 Å². The Morgan fingerprint density at radius 2 is 2.33 bits per heavy atom. The van der Waals surface area contributed by atoms with Crippen LogP contribution in [-0.4, -0.2) is 18.6 Å². The average Bonchev–Trinajstić information content (AvgIpc) is 2.82. The van der Waals surface area contributed by atoms with Crippen LogP contribution in [0.5, 0.6) is 5.75 Å². The van der Waals surface area contributed by atoms with Gasteiger partial charge in [0.15, 0.2) is 0 Å². The zero-order chi connectivity index (χ0) is 13.1. The first-order valence-electron chi connectivity index (χ1n) is 6.42. The van der Waals surface area contributed by atoms with Crippen LogP contribution < -0.4 is 15.8 Å². The predicted octanol–water partition coefficient (Wildman–Crippen LogP) is 1.54. The van der Waals surface area contributed by atoms with Gasteiger partial charge in [-0.25, -0.2) is 0 Å². The number of nitrogens with one attached hydrogen (secondary N) is 1. The SMILES string of the molecule is CCC(C)NC(C(N)=O)c1ccc2c(c1)CCO2. The zero-order valence-electron chi connectivity index (χ0n) is 10.9. The maximum atomic E-state index is 11.6. The Labute approximate surface area is 108 Å².